The summed E-state index contributed by atoms with van der Waals surface area (Å²) in [6.07, 6.45) is 7.56. The molecule has 2 atom stereocenters. The Hall–Kier alpha value is -2.73. The van der Waals surface area contributed by atoms with Gasteiger partial charge in [0, 0.05) is 44.1 Å². The Balaban J connectivity index is 1.74. The number of nitrogens with zero attached hydrogens (tertiary/aromatic N) is 4. The van der Waals surface area contributed by atoms with Crippen molar-refractivity contribution in [3.63, 3.8) is 0 Å². The van der Waals surface area contributed by atoms with Gasteiger partial charge in [-0.25, -0.2) is 0 Å². The lowest BCUT2D eigenvalue weighted by Gasteiger charge is -2.28. The van der Waals surface area contributed by atoms with E-state index in [1.54, 1.807) is 6.20 Å². The summed E-state index contributed by atoms with van der Waals surface area (Å²) in [5.74, 6) is 0. The van der Waals surface area contributed by atoms with E-state index in [0.717, 1.165) is 16.4 Å². The number of aryl methyl sites for hydroxylation is 1. The third-order valence-electron chi connectivity index (χ3n) is 4.56. The molecule has 0 aromatic carbocycles. The highest BCUT2D eigenvalue weighted by atomic mass is 32.1. The van der Waals surface area contributed by atoms with Gasteiger partial charge in [-0.15, -0.1) is 0 Å². The van der Waals surface area contributed by atoms with Crippen LogP contribution in [0.1, 0.15) is 29.0 Å². The number of aromatic nitrogens is 3. The summed E-state index contributed by atoms with van der Waals surface area (Å²) in [5, 5.41) is 4.21. The fourth-order valence-electron chi connectivity index (χ4n) is 3.37. The van der Waals surface area contributed by atoms with E-state index in [0.29, 0.717) is 6.54 Å². The fraction of sp³-hybridized carbons (Fsp3) is 0.211. The van der Waals surface area contributed by atoms with Crippen LogP contribution in [0.15, 0.2) is 67.3 Å². The third kappa shape index (κ3) is 3.00. The summed E-state index contributed by atoms with van der Waals surface area (Å²) in [4.78, 5) is 11.0. The number of rotatable bonds is 4. The van der Waals surface area contributed by atoms with Crippen molar-refractivity contribution in [1.82, 2.24) is 24.8 Å². The van der Waals surface area contributed by atoms with Gasteiger partial charge in [0.1, 0.15) is 0 Å². The standard InChI is InChI=1S/C19H19N5S/c1-23-11-5-8-16(23)18-17(15-7-2-3-10-21-15)22-19(25)24(18)13-14-6-4-9-20-12-14/h2-12,17-18H,13H2,1H3,(H,22,25)/t17-,18-/m1/s1. The minimum Gasteiger partial charge on any atom is -0.353 e. The predicted octanol–water partition coefficient (Wildman–Crippen LogP) is 2.99. The Morgan fingerprint density at radius 3 is 2.72 bits per heavy atom. The molecule has 3 aromatic rings. The van der Waals surface area contributed by atoms with Gasteiger partial charge >= 0.3 is 0 Å². The van der Waals surface area contributed by atoms with Crippen LogP contribution in [0.4, 0.5) is 0 Å². The van der Waals surface area contributed by atoms with Crippen LogP contribution < -0.4 is 5.32 Å². The van der Waals surface area contributed by atoms with Crippen molar-refractivity contribution in [2.24, 2.45) is 7.05 Å². The number of hydrogen-bond donors (Lipinski definition) is 1. The van der Waals surface area contributed by atoms with Gasteiger partial charge in [0.15, 0.2) is 5.11 Å². The van der Waals surface area contributed by atoms with Crippen LogP contribution in [0.2, 0.25) is 0 Å². The molecule has 1 N–H and O–H groups in total. The monoisotopic (exact) mass is 349 g/mol. The van der Waals surface area contributed by atoms with Crippen LogP contribution in [-0.4, -0.2) is 24.5 Å². The molecule has 1 aliphatic rings. The molecule has 0 bridgehead atoms. The number of hydrogen-bond acceptors (Lipinski definition) is 3. The van der Waals surface area contributed by atoms with E-state index in [4.69, 9.17) is 12.2 Å². The quantitative estimate of drug-likeness (QED) is 0.734. The van der Waals surface area contributed by atoms with E-state index >= 15 is 0 Å². The van der Waals surface area contributed by atoms with Crippen molar-refractivity contribution in [1.29, 1.82) is 0 Å². The van der Waals surface area contributed by atoms with Crippen LogP contribution in [0.3, 0.4) is 0 Å². The molecule has 0 saturated carbocycles. The first kappa shape index (κ1) is 15.8. The van der Waals surface area contributed by atoms with Gasteiger partial charge in [-0.3, -0.25) is 9.97 Å². The van der Waals surface area contributed by atoms with Crippen LogP contribution in [0.5, 0.6) is 0 Å². The van der Waals surface area contributed by atoms with Crippen molar-refractivity contribution in [3.8, 4) is 0 Å². The maximum Gasteiger partial charge on any atom is 0.170 e. The predicted molar refractivity (Wildman–Crippen MR) is 101 cm³/mol. The maximum absolute atomic E-state index is 5.67. The molecule has 1 saturated heterocycles. The fourth-order valence-corrected chi connectivity index (χ4v) is 3.67. The molecular formula is C19H19N5S. The van der Waals surface area contributed by atoms with Crippen LogP contribution >= 0.6 is 12.2 Å². The average molecular weight is 349 g/mol. The first-order valence-corrected chi connectivity index (χ1v) is 8.63. The first-order chi connectivity index (χ1) is 12.2. The van der Waals surface area contributed by atoms with Crippen molar-refractivity contribution in [2.45, 2.75) is 18.6 Å². The highest BCUT2D eigenvalue weighted by molar-refractivity contribution is 7.80. The zero-order chi connectivity index (χ0) is 17.2. The summed E-state index contributed by atoms with van der Waals surface area (Å²) in [5.41, 5.74) is 3.32. The lowest BCUT2D eigenvalue weighted by molar-refractivity contribution is 0.299. The van der Waals surface area contributed by atoms with Gasteiger partial charge in [-0.1, -0.05) is 12.1 Å². The molecule has 4 rings (SSSR count). The Kier molecular flexibility index (Phi) is 4.19. The van der Waals surface area contributed by atoms with E-state index in [2.05, 4.69) is 56.2 Å². The van der Waals surface area contributed by atoms with E-state index in [1.807, 2.05) is 36.7 Å². The SMILES string of the molecule is Cn1cccc1[C@@H]1[C@@H](c2ccccn2)NC(=S)N1Cc1cccnc1. The Bertz CT molecular complexity index is 862. The molecule has 0 unspecified atom stereocenters. The van der Waals surface area contributed by atoms with Gasteiger partial charge in [0.05, 0.1) is 17.8 Å². The maximum atomic E-state index is 5.67. The zero-order valence-corrected chi connectivity index (χ0v) is 14.7. The van der Waals surface area contributed by atoms with Gasteiger partial charge < -0.3 is 14.8 Å². The molecule has 0 radical (unpaired) electrons. The summed E-state index contributed by atoms with van der Waals surface area (Å²) in [6.45, 7) is 0.707. The Morgan fingerprint density at radius 1 is 1.12 bits per heavy atom. The Morgan fingerprint density at radius 2 is 2.04 bits per heavy atom. The van der Waals surface area contributed by atoms with Crippen molar-refractivity contribution in [2.75, 3.05) is 0 Å². The van der Waals surface area contributed by atoms with Crippen molar-refractivity contribution >= 4 is 17.3 Å². The largest absolute Gasteiger partial charge is 0.353 e. The second-order valence-electron chi connectivity index (χ2n) is 6.16. The molecule has 3 aromatic heterocycles. The summed E-state index contributed by atoms with van der Waals surface area (Å²) in [7, 11) is 2.06. The molecule has 1 fully saturated rings. The summed E-state index contributed by atoms with van der Waals surface area (Å²) >= 11 is 5.67. The van der Waals surface area contributed by atoms with E-state index in [1.165, 1.54) is 5.69 Å². The molecular weight excluding hydrogens is 330 g/mol. The zero-order valence-electron chi connectivity index (χ0n) is 13.9. The van der Waals surface area contributed by atoms with Gasteiger partial charge in [0.2, 0.25) is 0 Å². The van der Waals surface area contributed by atoms with Crippen LogP contribution in [-0.2, 0) is 13.6 Å². The van der Waals surface area contributed by atoms with E-state index < -0.39 is 0 Å². The molecule has 0 spiro atoms. The smallest absolute Gasteiger partial charge is 0.170 e. The Labute approximate surface area is 152 Å². The minimum absolute atomic E-state index is 0.0129. The van der Waals surface area contributed by atoms with Gasteiger partial charge in [0.25, 0.3) is 0 Å². The topological polar surface area (TPSA) is 46.0 Å². The van der Waals surface area contributed by atoms with Crippen molar-refractivity contribution in [3.05, 3.63) is 84.2 Å². The summed E-state index contributed by atoms with van der Waals surface area (Å²) < 4.78 is 2.15. The van der Waals surface area contributed by atoms with Gasteiger partial charge in [-0.2, -0.15) is 0 Å². The second kappa shape index (κ2) is 6.64. The normalized spacial score (nSPS) is 19.9. The highest BCUT2D eigenvalue weighted by Gasteiger charge is 2.40. The molecule has 5 nitrogen and oxygen atoms in total. The molecule has 25 heavy (non-hydrogen) atoms. The second-order valence-corrected chi connectivity index (χ2v) is 6.55. The van der Waals surface area contributed by atoms with Crippen LogP contribution in [0, 0.1) is 0 Å². The van der Waals surface area contributed by atoms with E-state index in [9.17, 15) is 0 Å². The third-order valence-corrected chi connectivity index (χ3v) is 4.91. The number of pyridine rings is 2. The number of nitrogens with one attached hydrogen (secondary N) is 1. The molecule has 0 amide bonds. The van der Waals surface area contributed by atoms with Crippen LogP contribution in [0.25, 0.3) is 0 Å². The molecule has 4 heterocycles. The molecule has 6 heteroatoms. The van der Waals surface area contributed by atoms with E-state index in [-0.39, 0.29) is 12.1 Å². The summed E-state index contributed by atoms with van der Waals surface area (Å²) in [6, 6.07) is 14.3. The lowest BCUT2D eigenvalue weighted by Crippen LogP contribution is -2.29. The number of thiocarbonyl (C=S) groups is 1. The van der Waals surface area contributed by atoms with Crippen molar-refractivity contribution < 1.29 is 0 Å². The highest BCUT2D eigenvalue weighted by Crippen LogP contribution is 2.39. The molecule has 1 aliphatic heterocycles. The molecule has 126 valence electrons. The minimum atomic E-state index is 0.0129. The lowest BCUT2D eigenvalue weighted by atomic mass is 10.0. The molecule has 0 aliphatic carbocycles. The average Bonchev–Trinajstić information content (AvgIpc) is 3.20. The first-order valence-electron chi connectivity index (χ1n) is 8.22. The van der Waals surface area contributed by atoms with Gasteiger partial charge in [-0.05, 0) is 48.1 Å².